The van der Waals surface area contributed by atoms with E-state index in [-0.39, 0.29) is 0 Å². The normalized spacial score (nSPS) is 11.3. The molecular formula is C15H22N2O. The van der Waals surface area contributed by atoms with Crippen molar-refractivity contribution in [1.29, 1.82) is 0 Å². The van der Waals surface area contributed by atoms with Gasteiger partial charge < -0.3 is 14.2 Å². The highest BCUT2D eigenvalue weighted by Gasteiger charge is 2.04. The molecule has 0 unspecified atom stereocenters. The summed E-state index contributed by atoms with van der Waals surface area (Å²) in [6.07, 6.45) is 2.16. The molecular weight excluding hydrogens is 224 g/mol. The first-order chi connectivity index (χ1) is 8.78. The van der Waals surface area contributed by atoms with Crippen molar-refractivity contribution in [1.82, 2.24) is 9.47 Å². The Balaban J connectivity index is 2.14. The van der Waals surface area contributed by atoms with E-state index >= 15 is 0 Å². The molecule has 1 heterocycles. The van der Waals surface area contributed by atoms with E-state index in [1.54, 1.807) is 7.11 Å². The molecule has 18 heavy (non-hydrogen) atoms. The minimum absolute atomic E-state index is 0.920. The topological polar surface area (TPSA) is 17.4 Å². The Morgan fingerprint density at radius 2 is 1.94 bits per heavy atom. The maximum atomic E-state index is 5.25. The molecule has 0 aliphatic heterocycles. The van der Waals surface area contributed by atoms with E-state index < -0.39 is 0 Å². The largest absolute Gasteiger partial charge is 0.497 e. The Hall–Kier alpha value is -1.48. The van der Waals surface area contributed by atoms with Crippen LogP contribution in [0.15, 0.2) is 30.5 Å². The first kappa shape index (κ1) is 13.0. The van der Waals surface area contributed by atoms with Crippen molar-refractivity contribution in [3.8, 4) is 5.75 Å². The molecule has 0 bridgehead atoms. The van der Waals surface area contributed by atoms with Crippen molar-refractivity contribution in [2.45, 2.75) is 20.4 Å². The van der Waals surface area contributed by atoms with Gasteiger partial charge in [0.2, 0.25) is 0 Å². The van der Waals surface area contributed by atoms with E-state index in [1.807, 2.05) is 6.07 Å². The number of hydrogen-bond donors (Lipinski definition) is 0. The fraction of sp³-hybridized carbons (Fsp3) is 0.467. The summed E-state index contributed by atoms with van der Waals surface area (Å²) in [5.41, 5.74) is 1.28. The van der Waals surface area contributed by atoms with Crippen molar-refractivity contribution < 1.29 is 4.74 Å². The Bertz CT molecular complexity index is 500. The van der Waals surface area contributed by atoms with Crippen molar-refractivity contribution in [2.24, 2.45) is 0 Å². The summed E-state index contributed by atoms with van der Waals surface area (Å²) >= 11 is 0. The highest BCUT2D eigenvalue weighted by atomic mass is 16.5. The highest BCUT2D eigenvalue weighted by molar-refractivity contribution is 5.81. The number of hydrogen-bond acceptors (Lipinski definition) is 2. The molecule has 0 fully saturated rings. The molecule has 0 aliphatic rings. The average Bonchev–Trinajstić information content (AvgIpc) is 2.82. The van der Waals surface area contributed by atoms with Gasteiger partial charge in [0.25, 0.3) is 0 Å². The van der Waals surface area contributed by atoms with Gasteiger partial charge in [0.05, 0.1) is 7.11 Å². The van der Waals surface area contributed by atoms with E-state index in [0.29, 0.717) is 0 Å². The Morgan fingerprint density at radius 3 is 2.61 bits per heavy atom. The molecule has 1 aromatic carbocycles. The van der Waals surface area contributed by atoms with Gasteiger partial charge in [-0.2, -0.15) is 0 Å². The average molecular weight is 246 g/mol. The standard InChI is InChI=1S/C15H22N2O/c1-4-16(5-2)10-11-17-9-8-13-12-14(18-3)6-7-15(13)17/h6-9,12H,4-5,10-11H2,1-3H3. The van der Waals surface area contributed by atoms with Gasteiger partial charge in [0.1, 0.15) is 5.75 Å². The van der Waals surface area contributed by atoms with Crippen molar-refractivity contribution in [3.63, 3.8) is 0 Å². The summed E-state index contributed by atoms with van der Waals surface area (Å²) < 4.78 is 7.56. The highest BCUT2D eigenvalue weighted by Crippen LogP contribution is 2.21. The summed E-state index contributed by atoms with van der Waals surface area (Å²) in [5.74, 6) is 0.920. The zero-order chi connectivity index (χ0) is 13.0. The van der Waals surface area contributed by atoms with E-state index in [9.17, 15) is 0 Å². The Kier molecular flexibility index (Phi) is 4.26. The number of rotatable bonds is 6. The van der Waals surface area contributed by atoms with Gasteiger partial charge >= 0.3 is 0 Å². The molecule has 2 rings (SSSR count). The predicted molar refractivity (Wildman–Crippen MR) is 76.3 cm³/mol. The van der Waals surface area contributed by atoms with Crippen LogP contribution < -0.4 is 4.74 Å². The van der Waals surface area contributed by atoms with Gasteiger partial charge in [-0.25, -0.2) is 0 Å². The molecule has 1 aromatic heterocycles. The molecule has 2 aromatic rings. The van der Waals surface area contributed by atoms with E-state index in [0.717, 1.165) is 31.9 Å². The number of methoxy groups -OCH3 is 1. The molecule has 0 atom stereocenters. The molecule has 0 aliphatic carbocycles. The lowest BCUT2D eigenvalue weighted by Gasteiger charge is -2.18. The van der Waals surface area contributed by atoms with Crippen molar-refractivity contribution in [3.05, 3.63) is 30.5 Å². The summed E-state index contributed by atoms with van der Waals surface area (Å²) in [5, 5.41) is 1.24. The molecule has 0 amide bonds. The number of fused-ring (bicyclic) bond motifs is 1. The zero-order valence-corrected chi connectivity index (χ0v) is 11.5. The first-order valence-corrected chi connectivity index (χ1v) is 6.63. The van der Waals surface area contributed by atoms with Gasteiger partial charge in [-0.3, -0.25) is 0 Å². The van der Waals surface area contributed by atoms with Crippen LogP contribution in [0.3, 0.4) is 0 Å². The van der Waals surface area contributed by atoms with Gasteiger partial charge in [-0.05, 0) is 37.4 Å². The van der Waals surface area contributed by atoms with Gasteiger partial charge in [-0.1, -0.05) is 13.8 Å². The number of nitrogens with zero attached hydrogens (tertiary/aromatic N) is 2. The van der Waals surface area contributed by atoms with Crippen LogP contribution in [0.5, 0.6) is 5.75 Å². The van der Waals surface area contributed by atoms with Crippen LogP contribution in [0.4, 0.5) is 0 Å². The second kappa shape index (κ2) is 5.91. The Labute approximate surface area is 109 Å². The summed E-state index contributed by atoms with van der Waals surface area (Å²) in [7, 11) is 1.71. The van der Waals surface area contributed by atoms with Crippen LogP contribution in [0.25, 0.3) is 10.9 Å². The van der Waals surface area contributed by atoms with Crippen LogP contribution in [0, 0.1) is 0 Å². The lowest BCUT2D eigenvalue weighted by Crippen LogP contribution is -2.26. The van der Waals surface area contributed by atoms with E-state index in [1.165, 1.54) is 10.9 Å². The zero-order valence-electron chi connectivity index (χ0n) is 11.5. The maximum absolute atomic E-state index is 5.25. The van der Waals surface area contributed by atoms with Crippen molar-refractivity contribution in [2.75, 3.05) is 26.7 Å². The third-order valence-electron chi connectivity index (χ3n) is 3.53. The van der Waals surface area contributed by atoms with Crippen molar-refractivity contribution >= 4 is 10.9 Å². The second-order valence-electron chi connectivity index (χ2n) is 4.46. The third-order valence-corrected chi connectivity index (χ3v) is 3.53. The molecule has 0 radical (unpaired) electrons. The predicted octanol–water partition coefficient (Wildman–Crippen LogP) is 2.99. The van der Waals surface area contributed by atoms with Crippen LogP contribution in [-0.4, -0.2) is 36.2 Å². The van der Waals surface area contributed by atoms with Gasteiger partial charge in [0, 0.05) is 30.2 Å². The number of benzene rings is 1. The molecule has 98 valence electrons. The van der Waals surface area contributed by atoms with Crippen LogP contribution in [0.1, 0.15) is 13.8 Å². The molecule has 0 saturated carbocycles. The lowest BCUT2D eigenvalue weighted by molar-refractivity contribution is 0.292. The van der Waals surface area contributed by atoms with Crippen LogP contribution in [-0.2, 0) is 6.54 Å². The number of likely N-dealkylation sites (N-methyl/N-ethyl adjacent to an activating group) is 1. The summed E-state index contributed by atoms with van der Waals surface area (Å²) in [4.78, 5) is 2.44. The monoisotopic (exact) mass is 246 g/mol. The fourth-order valence-electron chi connectivity index (χ4n) is 2.29. The van der Waals surface area contributed by atoms with Gasteiger partial charge in [-0.15, -0.1) is 0 Å². The lowest BCUT2D eigenvalue weighted by atomic mass is 10.2. The summed E-state index contributed by atoms with van der Waals surface area (Å²) in [6, 6.07) is 8.40. The smallest absolute Gasteiger partial charge is 0.119 e. The van der Waals surface area contributed by atoms with E-state index in [4.69, 9.17) is 4.74 Å². The third kappa shape index (κ3) is 2.67. The first-order valence-electron chi connectivity index (χ1n) is 6.63. The Morgan fingerprint density at radius 1 is 1.17 bits per heavy atom. The van der Waals surface area contributed by atoms with Crippen LogP contribution in [0.2, 0.25) is 0 Å². The quantitative estimate of drug-likeness (QED) is 0.779. The molecule has 0 spiro atoms. The number of ether oxygens (including phenoxy) is 1. The molecule has 3 nitrogen and oxygen atoms in total. The number of aromatic nitrogens is 1. The van der Waals surface area contributed by atoms with Crippen LogP contribution >= 0.6 is 0 Å². The summed E-state index contributed by atoms with van der Waals surface area (Å²) in [6.45, 7) is 8.79. The second-order valence-corrected chi connectivity index (χ2v) is 4.46. The SMILES string of the molecule is CCN(CC)CCn1ccc2cc(OC)ccc21. The molecule has 3 heteroatoms. The van der Waals surface area contributed by atoms with E-state index in [2.05, 4.69) is 47.7 Å². The molecule has 0 N–H and O–H groups in total. The minimum atomic E-state index is 0.920. The minimum Gasteiger partial charge on any atom is -0.497 e. The molecule has 0 saturated heterocycles. The maximum Gasteiger partial charge on any atom is 0.119 e. The fourth-order valence-corrected chi connectivity index (χ4v) is 2.29. The van der Waals surface area contributed by atoms with Gasteiger partial charge in [0.15, 0.2) is 0 Å².